The molecule has 0 bridgehead atoms. The molecule has 108 valence electrons. The molecule has 0 atom stereocenters. The Labute approximate surface area is 122 Å². The van der Waals surface area contributed by atoms with Gasteiger partial charge in [-0.1, -0.05) is 42.5 Å². The van der Waals surface area contributed by atoms with E-state index >= 15 is 0 Å². The predicted molar refractivity (Wildman–Crippen MR) is 80.0 cm³/mol. The van der Waals surface area contributed by atoms with Crippen molar-refractivity contribution in [2.75, 3.05) is 0 Å². The summed E-state index contributed by atoms with van der Waals surface area (Å²) in [6, 6.07) is 14.5. The summed E-state index contributed by atoms with van der Waals surface area (Å²) in [5.41, 5.74) is -0.712. The minimum Gasteiger partial charge on any atom is -0.623 e. The second-order valence-corrected chi connectivity index (χ2v) is 5.23. The largest absolute Gasteiger partial charge is 0.623 e. The number of benzene rings is 2. The zero-order chi connectivity index (χ0) is 15.5. The van der Waals surface area contributed by atoms with E-state index in [-0.39, 0.29) is 11.3 Å². The molecule has 0 heterocycles. The number of nitrogens with zero attached hydrogens (tertiary/aromatic N) is 1. The van der Waals surface area contributed by atoms with Crippen molar-refractivity contribution in [2.45, 2.75) is 19.4 Å². The third kappa shape index (κ3) is 3.16. The highest BCUT2D eigenvalue weighted by Crippen LogP contribution is 2.17. The highest BCUT2D eigenvalue weighted by Gasteiger charge is 2.36. The number of Topliss-reactive ketones (excluding diaryl/α,β-unsaturated/α-hetero) is 1. The first-order chi connectivity index (χ1) is 9.93. The van der Waals surface area contributed by atoms with E-state index in [2.05, 4.69) is 0 Å². The van der Waals surface area contributed by atoms with E-state index in [9.17, 15) is 14.4 Å². The van der Waals surface area contributed by atoms with Crippen LogP contribution in [0.25, 0.3) is 0 Å². The molecule has 0 saturated carbocycles. The van der Waals surface area contributed by atoms with Gasteiger partial charge in [0.2, 0.25) is 11.3 Å². The average Bonchev–Trinajstić information content (AvgIpc) is 2.49. The molecule has 3 nitrogen and oxygen atoms in total. The topological polar surface area (TPSA) is 43.1 Å². The summed E-state index contributed by atoms with van der Waals surface area (Å²) in [4.78, 5) is 12.4. The van der Waals surface area contributed by atoms with Gasteiger partial charge in [0.25, 0.3) is 0 Å². The smallest absolute Gasteiger partial charge is 0.233 e. The molecule has 0 amide bonds. The zero-order valence-electron chi connectivity index (χ0n) is 11.9. The minimum absolute atomic E-state index is 0.154. The van der Waals surface area contributed by atoms with E-state index in [0.717, 1.165) is 6.21 Å². The van der Waals surface area contributed by atoms with Crippen LogP contribution in [-0.2, 0) is 0 Å². The molecule has 4 heteroatoms. The van der Waals surface area contributed by atoms with E-state index in [0.29, 0.717) is 10.3 Å². The van der Waals surface area contributed by atoms with Crippen LogP contribution in [0, 0.1) is 11.0 Å². The Hall–Kier alpha value is -2.49. The molecule has 0 radical (unpaired) electrons. The van der Waals surface area contributed by atoms with E-state index in [1.54, 1.807) is 42.5 Å². The number of hydrogen-bond donors (Lipinski definition) is 0. The molecule has 0 aliphatic rings. The van der Waals surface area contributed by atoms with Crippen LogP contribution >= 0.6 is 0 Å². The van der Waals surface area contributed by atoms with Crippen molar-refractivity contribution in [1.82, 2.24) is 0 Å². The Morgan fingerprint density at radius 3 is 2.29 bits per heavy atom. The molecular weight excluding hydrogens is 269 g/mol. The molecule has 0 saturated heterocycles. The van der Waals surface area contributed by atoms with Crippen molar-refractivity contribution in [1.29, 1.82) is 0 Å². The summed E-state index contributed by atoms with van der Waals surface area (Å²) in [5, 5.41) is 12.3. The van der Waals surface area contributed by atoms with Gasteiger partial charge < -0.3 is 5.21 Å². The van der Waals surface area contributed by atoms with Crippen LogP contribution in [0.4, 0.5) is 4.39 Å². The molecule has 0 spiro atoms. The number of carbonyl (C=O) groups excluding carboxylic acids is 1. The van der Waals surface area contributed by atoms with Crippen LogP contribution in [0.1, 0.15) is 29.8 Å². The van der Waals surface area contributed by atoms with Crippen LogP contribution in [0.3, 0.4) is 0 Å². The normalized spacial score (nSPS) is 12.2. The SMILES string of the molecule is CC(C)(C(=O)c1ccccc1)/[N+]([O-])=C/c1ccccc1F. The Kier molecular flexibility index (Phi) is 4.17. The molecule has 0 aliphatic heterocycles. The third-order valence-electron chi connectivity index (χ3n) is 3.30. The van der Waals surface area contributed by atoms with Crippen LogP contribution in [0.5, 0.6) is 0 Å². The minimum atomic E-state index is -1.32. The molecule has 0 unspecified atom stereocenters. The second-order valence-electron chi connectivity index (χ2n) is 5.23. The number of hydrogen-bond acceptors (Lipinski definition) is 2. The Bertz CT molecular complexity index is 678. The van der Waals surface area contributed by atoms with Crippen LogP contribution in [0.15, 0.2) is 54.6 Å². The Morgan fingerprint density at radius 2 is 1.67 bits per heavy atom. The van der Waals surface area contributed by atoms with Crippen molar-refractivity contribution >= 4 is 12.0 Å². The molecule has 0 aromatic heterocycles. The highest BCUT2D eigenvalue weighted by atomic mass is 19.1. The molecule has 21 heavy (non-hydrogen) atoms. The Morgan fingerprint density at radius 1 is 1.10 bits per heavy atom. The van der Waals surface area contributed by atoms with E-state index in [4.69, 9.17) is 0 Å². The summed E-state index contributed by atoms with van der Waals surface area (Å²) in [5.74, 6) is -0.813. The molecule has 0 aliphatic carbocycles. The van der Waals surface area contributed by atoms with Crippen molar-refractivity contribution in [2.24, 2.45) is 0 Å². The molecule has 2 aromatic rings. The standard InChI is InChI=1S/C17H16FNO2/c1-17(2,16(20)13-8-4-3-5-9-13)19(21)12-14-10-6-7-11-15(14)18/h3-12H,1-2H3/b19-12-. The fourth-order valence-electron chi connectivity index (χ4n) is 1.91. The monoisotopic (exact) mass is 285 g/mol. The van der Waals surface area contributed by atoms with Gasteiger partial charge in [-0.3, -0.25) is 4.79 Å². The van der Waals surface area contributed by atoms with Gasteiger partial charge in [0.05, 0.1) is 5.56 Å². The maximum absolute atomic E-state index is 13.6. The summed E-state index contributed by atoms with van der Waals surface area (Å²) < 4.78 is 14.1. The zero-order valence-corrected chi connectivity index (χ0v) is 11.9. The number of hydroxylamine groups is 1. The van der Waals surface area contributed by atoms with Gasteiger partial charge in [-0.05, 0) is 12.1 Å². The quantitative estimate of drug-likeness (QED) is 0.284. The lowest BCUT2D eigenvalue weighted by molar-refractivity contribution is -0.515. The second kappa shape index (κ2) is 5.87. The van der Waals surface area contributed by atoms with Gasteiger partial charge in [-0.25, -0.2) is 4.39 Å². The Balaban J connectivity index is 2.35. The number of rotatable bonds is 4. The summed E-state index contributed by atoms with van der Waals surface area (Å²) in [6.07, 6.45) is 1.11. The molecule has 2 aromatic carbocycles. The lowest BCUT2D eigenvalue weighted by atomic mass is 9.93. The molecule has 0 fully saturated rings. The predicted octanol–water partition coefficient (Wildman–Crippen LogP) is 3.42. The fourth-order valence-corrected chi connectivity index (χ4v) is 1.91. The van der Waals surface area contributed by atoms with Crippen molar-refractivity contribution in [3.8, 4) is 0 Å². The van der Waals surface area contributed by atoms with E-state index in [1.807, 2.05) is 0 Å². The highest BCUT2D eigenvalue weighted by molar-refractivity contribution is 6.02. The molecular formula is C17H16FNO2. The van der Waals surface area contributed by atoms with Gasteiger partial charge >= 0.3 is 0 Å². The van der Waals surface area contributed by atoms with Crippen LogP contribution < -0.4 is 0 Å². The average molecular weight is 285 g/mol. The van der Waals surface area contributed by atoms with E-state index in [1.165, 1.54) is 26.0 Å². The molecule has 0 N–H and O–H groups in total. The number of carbonyl (C=O) groups is 1. The number of ketones is 1. The lowest BCUT2D eigenvalue weighted by Gasteiger charge is -2.22. The first kappa shape index (κ1) is 14.9. The summed E-state index contributed by atoms with van der Waals surface area (Å²) >= 11 is 0. The molecule has 2 rings (SSSR count). The lowest BCUT2D eigenvalue weighted by Crippen LogP contribution is -2.42. The summed E-state index contributed by atoms with van der Waals surface area (Å²) in [6.45, 7) is 3.04. The van der Waals surface area contributed by atoms with Gasteiger partial charge in [0, 0.05) is 19.4 Å². The van der Waals surface area contributed by atoms with Gasteiger partial charge in [-0.15, -0.1) is 0 Å². The van der Waals surface area contributed by atoms with Crippen molar-refractivity contribution < 1.29 is 13.9 Å². The fraction of sp³-hybridized carbons (Fsp3) is 0.176. The first-order valence-corrected chi connectivity index (χ1v) is 6.58. The van der Waals surface area contributed by atoms with Crippen LogP contribution in [-0.4, -0.2) is 22.3 Å². The first-order valence-electron chi connectivity index (χ1n) is 6.58. The van der Waals surface area contributed by atoms with Gasteiger partial charge in [0.15, 0.2) is 6.21 Å². The maximum atomic E-state index is 13.6. The van der Waals surface area contributed by atoms with E-state index < -0.39 is 11.4 Å². The van der Waals surface area contributed by atoms with Crippen LogP contribution in [0.2, 0.25) is 0 Å². The van der Waals surface area contributed by atoms with Gasteiger partial charge in [0.1, 0.15) is 5.82 Å². The van der Waals surface area contributed by atoms with Crippen molar-refractivity contribution in [3.05, 3.63) is 76.7 Å². The van der Waals surface area contributed by atoms with Gasteiger partial charge in [-0.2, -0.15) is 4.74 Å². The summed E-state index contributed by atoms with van der Waals surface area (Å²) in [7, 11) is 0. The number of halogens is 1. The maximum Gasteiger partial charge on any atom is 0.233 e. The van der Waals surface area contributed by atoms with Crippen molar-refractivity contribution in [3.63, 3.8) is 0 Å². The third-order valence-corrected chi connectivity index (χ3v) is 3.30.